The maximum Gasteiger partial charge on any atom is 0.266 e. The van der Waals surface area contributed by atoms with Crippen LogP contribution < -0.4 is 14.8 Å². The van der Waals surface area contributed by atoms with Crippen LogP contribution in [-0.2, 0) is 11.4 Å². The Morgan fingerprint density at radius 3 is 2.48 bits per heavy atom. The van der Waals surface area contributed by atoms with E-state index >= 15 is 0 Å². The van der Waals surface area contributed by atoms with Gasteiger partial charge in [0.25, 0.3) is 5.91 Å². The summed E-state index contributed by atoms with van der Waals surface area (Å²) in [5, 5.41) is 12.7. The molecule has 0 aliphatic heterocycles. The van der Waals surface area contributed by atoms with Crippen molar-refractivity contribution in [3.8, 4) is 17.6 Å². The Labute approximate surface area is 214 Å². The Morgan fingerprint density at radius 2 is 1.82 bits per heavy atom. The van der Waals surface area contributed by atoms with Gasteiger partial charge in [0.15, 0.2) is 11.5 Å². The standard InChI is InChI=1S/C25H19Br2ClN2O3/c1-2-32-23-11-17(10-18(14-29)25(31)30-21-5-3-4-20(28)12-21)22(27)13-24(23)33-15-16-6-8-19(26)9-7-16/h3-13H,2,15H2,1H3,(H,30,31)/b18-10+. The lowest BCUT2D eigenvalue weighted by Gasteiger charge is -2.14. The van der Waals surface area contributed by atoms with E-state index in [4.69, 9.17) is 21.1 Å². The summed E-state index contributed by atoms with van der Waals surface area (Å²) in [6.45, 7) is 2.66. The third-order valence-corrected chi connectivity index (χ3v) is 5.87. The highest BCUT2D eigenvalue weighted by Crippen LogP contribution is 2.35. The van der Waals surface area contributed by atoms with Gasteiger partial charge in [-0.25, -0.2) is 0 Å². The fraction of sp³-hybridized carbons (Fsp3) is 0.120. The first-order valence-corrected chi connectivity index (χ1v) is 11.9. The molecule has 3 aromatic carbocycles. The molecule has 0 fully saturated rings. The van der Waals surface area contributed by atoms with E-state index in [0.717, 1.165) is 10.0 Å². The zero-order chi connectivity index (χ0) is 23.8. The molecular formula is C25H19Br2ClN2O3. The molecule has 0 saturated carbocycles. The summed E-state index contributed by atoms with van der Waals surface area (Å²) in [7, 11) is 0. The summed E-state index contributed by atoms with van der Waals surface area (Å²) < 4.78 is 13.4. The molecule has 5 nitrogen and oxygen atoms in total. The Morgan fingerprint density at radius 1 is 1.09 bits per heavy atom. The number of halogens is 3. The van der Waals surface area contributed by atoms with Crippen LogP contribution in [-0.4, -0.2) is 12.5 Å². The molecule has 0 aromatic heterocycles. The molecule has 33 heavy (non-hydrogen) atoms. The molecule has 0 atom stereocenters. The zero-order valence-corrected chi connectivity index (χ0v) is 21.5. The highest BCUT2D eigenvalue weighted by molar-refractivity contribution is 9.10. The lowest BCUT2D eigenvalue weighted by Crippen LogP contribution is -2.13. The quantitative estimate of drug-likeness (QED) is 0.219. The van der Waals surface area contributed by atoms with Crippen LogP contribution in [0.15, 0.2) is 75.2 Å². The minimum Gasteiger partial charge on any atom is -0.490 e. The number of nitrogens with one attached hydrogen (secondary N) is 1. The van der Waals surface area contributed by atoms with Gasteiger partial charge < -0.3 is 14.8 Å². The minimum atomic E-state index is -0.541. The molecule has 168 valence electrons. The fourth-order valence-electron chi connectivity index (χ4n) is 2.85. The van der Waals surface area contributed by atoms with E-state index in [2.05, 4.69) is 37.2 Å². The van der Waals surface area contributed by atoms with E-state index in [1.54, 1.807) is 36.4 Å². The molecule has 3 aromatic rings. The topological polar surface area (TPSA) is 71.3 Å². The van der Waals surface area contributed by atoms with Crippen molar-refractivity contribution < 1.29 is 14.3 Å². The van der Waals surface area contributed by atoms with Crippen LogP contribution in [0, 0.1) is 11.3 Å². The van der Waals surface area contributed by atoms with Gasteiger partial charge in [0.05, 0.1) is 6.61 Å². The number of anilines is 1. The molecular weight excluding hydrogens is 572 g/mol. The van der Waals surface area contributed by atoms with Gasteiger partial charge in [-0.3, -0.25) is 4.79 Å². The number of ether oxygens (including phenoxy) is 2. The van der Waals surface area contributed by atoms with Gasteiger partial charge in [-0.2, -0.15) is 5.26 Å². The van der Waals surface area contributed by atoms with Crippen molar-refractivity contribution in [2.24, 2.45) is 0 Å². The van der Waals surface area contributed by atoms with E-state index in [0.29, 0.717) is 45.5 Å². The number of rotatable bonds is 8. The van der Waals surface area contributed by atoms with Crippen molar-refractivity contribution >= 4 is 61.1 Å². The number of carbonyl (C=O) groups is 1. The normalized spacial score (nSPS) is 10.9. The Balaban J connectivity index is 1.84. The molecule has 0 radical (unpaired) electrons. The number of benzene rings is 3. The SMILES string of the molecule is CCOc1cc(/C=C(\C#N)C(=O)Nc2cccc(Cl)c2)c(Br)cc1OCc1ccc(Br)cc1. The average molecular weight is 591 g/mol. The molecule has 8 heteroatoms. The molecule has 1 N–H and O–H groups in total. The summed E-state index contributed by atoms with van der Waals surface area (Å²) >= 11 is 12.9. The van der Waals surface area contributed by atoms with Crippen LogP contribution in [0.25, 0.3) is 6.08 Å². The van der Waals surface area contributed by atoms with E-state index in [-0.39, 0.29) is 5.57 Å². The molecule has 0 saturated heterocycles. The molecule has 0 aliphatic carbocycles. The minimum absolute atomic E-state index is 0.0679. The van der Waals surface area contributed by atoms with Gasteiger partial charge in [0.1, 0.15) is 18.2 Å². The lowest BCUT2D eigenvalue weighted by atomic mass is 10.1. The second-order valence-electron chi connectivity index (χ2n) is 6.80. The second-order valence-corrected chi connectivity index (χ2v) is 9.01. The van der Waals surface area contributed by atoms with E-state index in [9.17, 15) is 10.1 Å². The summed E-state index contributed by atoms with van der Waals surface area (Å²) in [6.07, 6.45) is 1.49. The molecule has 1 amide bonds. The van der Waals surface area contributed by atoms with Crippen LogP contribution in [0.5, 0.6) is 11.5 Å². The molecule has 0 spiro atoms. The van der Waals surface area contributed by atoms with E-state index in [1.165, 1.54) is 6.08 Å². The third kappa shape index (κ3) is 7.10. The monoisotopic (exact) mass is 588 g/mol. The zero-order valence-electron chi connectivity index (χ0n) is 17.6. The summed E-state index contributed by atoms with van der Waals surface area (Å²) in [5.41, 5.74) is 2.04. The average Bonchev–Trinajstić information content (AvgIpc) is 2.79. The maximum absolute atomic E-state index is 12.6. The summed E-state index contributed by atoms with van der Waals surface area (Å²) in [4.78, 5) is 12.6. The summed E-state index contributed by atoms with van der Waals surface area (Å²) in [6, 6.07) is 20.0. The van der Waals surface area contributed by atoms with E-state index < -0.39 is 5.91 Å². The van der Waals surface area contributed by atoms with Gasteiger partial charge in [-0.1, -0.05) is 61.7 Å². The second kappa shape index (κ2) is 11.9. The van der Waals surface area contributed by atoms with Crippen LogP contribution in [0.2, 0.25) is 5.02 Å². The lowest BCUT2D eigenvalue weighted by molar-refractivity contribution is -0.112. The largest absolute Gasteiger partial charge is 0.490 e. The Bertz CT molecular complexity index is 1220. The smallest absolute Gasteiger partial charge is 0.266 e. The van der Waals surface area contributed by atoms with Crippen molar-refractivity contribution in [2.45, 2.75) is 13.5 Å². The molecule has 0 unspecified atom stereocenters. The summed E-state index contributed by atoms with van der Waals surface area (Å²) in [5.74, 6) is 0.516. The molecule has 0 heterocycles. The van der Waals surface area contributed by atoms with Crippen molar-refractivity contribution in [2.75, 3.05) is 11.9 Å². The van der Waals surface area contributed by atoms with Crippen LogP contribution in [0.4, 0.5) is 5.69 Å². The van der Waals surface area contributed by atoms with Gasteiger partial charge in [-0.15, -0.1) is 0 Å². The third-order valence-electron chi connectivity index (χ3n) is 4.42. The van der Waals surface area contributed by atoms with Crippen LogP contribution in [0.3, 0.4) is 0 Å². The van der Waals surface area contributed by atoms with Crippen molar-refractivity contribution in [3.63, 3.8) is 0 Å². The highest BCUT2D eigenvalue weighted by Gasteiger charge is 2.14. The highest BCUT2D eigenvalue weighted by atomic mass is 79.9. The number of nitriles is 1. The number of carbonyl (C=O) groups excluding carboxylic acids is 1. The van der Waals surface area contributed by atoms with Crippen molar-refractivity contribution in [1.29, 1.82) is 5.26 Å². The Kier molecular flexibility index (Phi) is 8.95. The van der Waals surface area contributed by atoms with Gasteiger partial charge in [0, 0.05) is 19.7 Å². The fourth-order valence-corrected chi connectivity index (χ4v) is 3.74. The number of nitrogens with zero attached hydrogens (tertiary/aromatic N) is 1. The van der Waals surface area contributed by atoms with Gasteiger partial charge in [0.2, 0.25) is 0 Å². The van der Waals surface area contributed by atoms with Crippen molar-refractivity contribution in [3.05, 3.63) is 91.3 Å². The predicted octanol–water partition coefficient (Wildman–Crippen LogP) is 7.39. The number of amides is 1. The first-order valence-electron chi connectivity index (χ1n) is 9.92. The van der Waals surface area contributed by atoms with Crippen LogP contribution in [0.1, 0.15) is 18.1 Å². The van der Waals surface area contributed by atoms with Crippen molar-refractivity contribution in [1.82, 2.24) is 0 Å². The Hall–Kier alpha value is -2.79. The number of hydrogen-bond donors (Lipinski definition) is 1. The van der Waals surface area contributed by atoms with Crippen LogP contribution >= 0.6 is 43.5 Å². The molecule has 0 aliphatic rings. The predicted molar refractivity (Wildman–Crippen MR) is 137 cm³/mol. The first-order chi connectivity index (χ1) is 15.9. The maximum atomic E-state index is 12.6. The van der Waals surface area contributed by atoms with E-state index in [1.807, 2.05) is 37.3 Å². The molecule has 0 bridgehead atoms. The van der Waals surface area contributed by atoms with Gasteiger partial charge >= 0.3 is 0 Å². The van der Waals surface area contributed by atoms with Gasteiger partial charge in [-0.05, 0) is 66.6 Å². The number of hydrogen-bond acceptors (Lipinski definition) is 4. The first kappa shape index (κ1) is 24.8. The molecule has 3 rings (SSSR count).